The first-order valence-corrected chi connectivity index (χ1v) is 10.2. The van der Waals surface area contributed by atoms with E-state index < -0.39 is 0 Å². The molecule has 7 heteroatoms. The van der Waals surface area contributed by atoms with Crippen molar-refractivity contribution in [2.24, 2.45) is 4.99 Å². The second kappa shape index (κ2) is 7.47. The van der Waals surface area contributed by atoms with Gasteiger partial charge in [0.05, 0.1) is 10.2 Å². The van der Waals surface area contributed by atoms with E-state index in [4.69, 9.17) is 9.47 Å². The minimum absolute atomic E-state index is 0.257. The van der Waals surface area contributed by atoms with Crippen molar-refractivity contribution in [2.75, 3.05) is 13.2 Å². The molecular weight excluding hydrogens is 368 g/mol. The van der Waals surface area contributed by atoms with Gasteiger partial charge in [-0.25, -0.2) is 0 Å². The van der Waals surface area contributed by atoms with E-state index in [1.54, 1.807) is 17.4 Å². The fourth-order valence-electron chi connectivity index (χ4n) is 2.80. The maximum absolute atomic E-state index is 12.3. The zero-order valence-corrected chi connectivity index (χ0v) is 15.9. The topological polar surface area (TPSA) is 52.8 Å². The highest BCUT2D eigenvalue weighted by atomic mass is 32.1. The number of amides is 1. The number of benzene rings is 1. The van der Waals surface area contributed by atoms with Crippen LogP contribution in [0.25, 0.3) is 16.3 Å². The Bertz CT molecular complexity index is 1030. The number of carbonyl (C=O) groups excluding carboxylic acids is 1. The predicted molar refractivity (Wildman–Crippen MR) is 105 cm³/mol. The number of ether oxygens (including phenoxy) is 2. The lowest BCUT2D eigenvalue weighted by Gasteiger charge is -2.18. The van der Waals surface area contributed by atoms with Crippen LogP contribution in [-0.2, 0) is 11.3 Å². The molecule has 0 spiro atoms. The first-order valence-electron chi connectivity index (χ1n) is 8.48. The number of hydrogen-bond acceptors (Lipinski definition) is 5. The second-order valence-electron chi connectivity index (χ2n) is 5.80. The molecule has 0 aliphatic carbocycles. The third-order valence-electron chi connectivity index (χ3n) is 3.93. The van der Waals surface area contributed by atoms with Crippen LogP contribution < -0.4 is 14.3 Å². The van der Waals surface area contributed by atoms with Crippen LogP contribution in [0.2, 0.25) is 0 Å². The SMILES string of the molecule is CCCn1c(=NC(=O)/C=C/c2cccs2)sc2cc3c(cc21)OCCO3. The van der Waals surface area contributed by atoms with Crippen LogP contribution in [0.5, 0.6) is 11.5 Å². The smallest absolute Gasteiger partial charge is 0.272 e. The van der Waals surface area contributed by atoms with E-state index in [0.717, 1.165) is 39.6 Å². The standard InChI is InChI=1S/C19H18N2O3S2/c1-2-7-21-14-11-15-16(24-9-8-23-15)12-17(14)26-19(21)20-18(22)6-5-13-4-3-10-25-13/h3-6,10-12H,2,7-9H2,1H3/b6-5+,20-19?. The zero-order valence-electron chi connectivity index (χ0n) is 14.3. The molecule has 26 heavy (non-hydrogen) atoms. The van der Waals surface area contributed by atoms with Gasteiger partial charge in [0.2, 0.25) is 0 Å². The third kappa shape index (κ3) is 3.45. The molecule has 3 aromatic rings. The number of nitrogens with zero attached hydrogens (tertiary/aromatic N) is 2. The lowest BCUT2D eigenvalue weighted by molar-refractivity contribution is -0.113. The first-order chi connectivity index (χ1) is 12.7. The Labute approximate surface area is 158 Å². The highest BCUT2D eigenvalue weighted by Crippen LogP contribution is 2.35. The highest BCUT2D eigenvalue weighted by molar-refractivity contribution is 7.16. The predicted octanol–water partition coefficient (Wildman–Crippen LogP) is 4.09. The largest absolute Gasteiger partial charge is 0.486 e. The Hall–Kier alpha value is -2.38. The summed E-state index contributed by atoms with van der Waals surface area (Å²) in [5.41, 5.74) is 1.02. The normalized spacial score (nSPS) is 14.4. The van der Waals surface area contributed by atoms with E-state index in [0.29, 0.717) is 18.0 Å². The molecule has 0 unspecified atom stereocenters. The summed E-state index contributed by atoms with van der Waals surface area (Å²) >= 11 is 3.09. The summed E-state index contributed by atoms with van der Waals surface area (Å²) in [5.74, 6) is 1.25. The molecule has 1 aliphatic rings. The van der Waals surface area contributed by atoms with Crippen molar-refractivity contribution in [3.05, 3.63) is 45.4 Å². The average Bonchev–Trinajstić information content (AvgIpc) is 3.27. The van der Waals surface area contributed by atoms with E-state index in [1.165, 1.54) is 17.4 Å². The Morgan fingerprint density at radius 2 is 2.12 bits per heavy atom. The summed E-state index contributed by atoms with van der Waals surface area (Å²) < 4.78 is 14.5. The van der Waals surface area contributed by atoms with Crippen LogP contribution in [0.1, 0.15) is 18.2 Å². The number of thiazole rings is 1. The van der Waals surface area contributed by atoms with E-state index in [2.05, 4.69) is 16.5 Å². The minimum atomic E-state index is -0.257. The number of thiophene rings is 1. The summed E-state index contributed by atoms with van der Waals surface area (Å²) in [6.07, 6.45) is 4.27. The maximum atomic E-state index is 12.3. The van der Waals surface area contributed by atoms with E-state index >= 15 is 0 Å². The van der Waals surface area contributed by atoms with Gasteiger partial charge in [0, 0.05) is 29.6 Å². The van der Waals surface area contributed by atoms with Crippen molar-refractivity contribution in [1.82, 2.24) is 4.57 Å². The third-order valence-corrected chi connectivity index (χ3v) is 5.81. The number of carbonyl (C=O) groups is 1. The molecule has 134 valence electrons. The van der Waals surface area contributed by atoms with Gasteiger partial charge in [0.15, 0.2) is 16.3 Å². The molecule has 0 saturated heterocycles. The van der Waals surface area contributed by atoms with Gasteiger partial charge < -0.3 is 14.0 Å². The van der Waals surface area contributed by atoms with Gasteiger partial charge in [-0.2, -0.15) is 4.99 Å². The number of aryl methyl sites for hydroxylation is 1. The van der Waals surface area contributed by atoms with Crippen molar-refractivity contribution < 1.29 is 14.3 Å². The molecule has 1 aromatic carbocycles. The average molecular weight is 386 g/mol. The highest BCUT2D eigenvalue weighted by Gasteiger charge is 2.16. The van der Waals surface area contributed by atoms with Gasteiger partial charge in [-0.05, 0) is 23.9 Å². The first kappa shape index (κ1) is 17.1. The molecule has 5 nitrogen and oxygen atoms in total. The molecule has 3 heterocycles. The summed E-state index contributed by atoms with van der Waals surface area (Å²) in [6, 6.07) is 7.89. The van der Waals surface area contributed by atoms with Crippen molar-refractivity contribution in [3.8, 4) is 11.5 Å². The monoisotopic (exact) mass is 386 g/mol. The second-order valence-corrected chi connectivity index (χ2v) is 7.79. The molecule has 4 rings (SSSR count). The Kier molecular flexibility index (Phi) is 4.90. The molecule has 0 N–H and O–H groups in total. The fourth-order valence-corrected chi connectivity index (χ4v) is 4.49. The summed E-state index contributed by atoms with van der Waals surface area (Å²) in [4.78, 5) is 18.3. The lowest BCUT2D eigenvalue weighted by atomic mass is 10.2. The molecular formula is C19H18N2O3S2. The number of rotatable bonds is 4. The quantitative estimate of drug-likeness (QED) is 0.635. The van der Waals surface area contributed by atoms with E-state index in [-0.39, 0.29) is 5.91 Å². The van der Waals surface area contributed by atoms with Gasteiger partial charge in [-0.15, -0.1) is 11.3 Å². The van der Waals surface area contributed by atoms with Crippen molar-refractivity contribution in [3.63, 3.8) is 0 Å². The van der Waals surface area contributed by atoms with Gasteiger partial charge in [-0.1, -0.05) is 24.3 Å². The van der Waals surface area contributed by atoms with E-state index in [9.17, 15) is 4.79 Å². The van der Waals surface area contributed by atoms with E-state index in [1.807, 2.05) is 29.6 Å². The van der Waals surface area contributed by atoms with Crippen LogP contribution in [0.4, 0.5) is 0 Å². The Morgan fingerprint density at radius 3 is 2.85 bits per heavy atom. The number of fused-ring (bicyclic) bond motifs is 2. The van der Waals surface area contributed by atoms with Crippen LogP contribution in [0, 0.1) is 0 Å². The maximum Gasteiger partial charge on any atom is 0.272 e. The number of aromatic nitrogens is 1. The van der Waals surface area contributed by atoms with Crippen LogP contribution in [-0.4, -0.2) is 23.7 Å². The van der Waals surface area contributed by atoms with Crippen molar-refractivity contribution >= 4 is 44.9 Å². The van der Waals surface area contributed by atoms with Crippen LogP contribution >= 0.6 is 22.7 Å². The minimum Gasteiger partial charge on any atom is -0.486 e. The van der Waals surface area contributed by atoms with Gasteiger partial charge >= 0.3 is 0 Å². The fraction of sp³-hybridized carbons (Fsp3) is 0.263. The van der Waals surface area contributed by atoms with Crippen LogP contribution in [0.3, 0.4) is 0 Å². The Morgan fingerprint density at radius 1 is 1.31 bits per heavy atom. The molecule has 0 fully saturated rings. The molecule has 0 atom stereocenters. The van der Waals surface area contributed by atoms with Crippen molar-refractivity contribution in [2.45, 2.75) is 19.9 Å². The van der Waals surface area contributed by atoms with Gasteiger partial charge in [0.25, 0.3) is 5.91 Å². The van der Waals surface area contributed by atoms with Gasteiger partial charge in [0.1, 0.15) is 13.2 Å². The zero-order chi connectivity index (χ0) is 17.9. The number of hydrogen-bond donors (Lipinski definition) is 0. The van der Waals surface area contributed by atoms with Gasteiger partial charge in [-0.3, -0.25) is 4.79 Å². The molecule has 1 amide bonds. The molecule has 2 aromatic heterocycles. The molecule has 0 bridgehead atoms. The lowest BCUT2D eigenvalue weighted by Crippen LogP contribution is -2.17. The molecule has 1 aliphatic heterocycles. The Balaban J connectivity index is 1.75. The molecule has 0 saturated carbocycles. The molecule has 0 radical (unpaired) electrons. The summed E-state index contributed by atoms with van der Waals surface area (Å²) in [5, 5.41) is 1.98. The summed E-state index contributed by atoms with van der Waals surface area (Å²) in [6.45, 7) is 4.01. The van der Waals surface area contributed by atoms with Crippen molar-refractivity contribution in [1.29, 1.82) is 0 Å². The van der Waals surface area contributed by atoms with Crippen LogP contribution in [0.15, 0.2) is 40.7 Å². The summed E-state index contributed by atoms with van der Waals surface area (Å²) in [7, 11) is 0.